The lowest BCUT2D eigenvalue weighted by Crippen LogP contribution is -2.13. The second kappa shape index (κ2) is 9.03. The standard InChI is InChI=1S/C24H20N6O4S/c1-33-21-12-10-18(15-22(21)34-2)35(31,32)29-17-8-6-16(7-9-17)19-11-13-23-26-27-24(30(23)28-19)20-5-3-4-14-25-20/h3-15,29H,1-2H3. The van der Waals surface area contributed by atoms with Crippen molar-refractivity contribution in [3.05, 3.63) is 79.0 Å². The zero-order chi connectivity index (χ0) is 24.4. The molecule has 0 aliphatic heterocycles. The van der Waals surface area contributed by atoms with Crippen LogP contribution in [0.1, 0.15) is 0 Å². The van der Waals surface area contributed by atoms with E-state index in [1.54, 1.807) is 41.0 Å². The molecule has 176 valence electrons. The Morgan fingerprint density at radius 3 is 2.34 bits per heavy atom. The summed E-state index contributed by atoms with van der Waals surface area (Å²) in [7, 11) is -0.898. The summed E-state index contributed by atoms with van der Waals surface area (Å²) in [5, 5.41) is 13.0. The third kappa shape index (κ3) is 4.36. The molecule has 3 heterocycles. The van der Waals surface area contributed by atoms with E-state index < -0.39 is 10.0 Å². The highest BCUT2D eigenvalue weighted by Crippen LogP contribution is 2.30. The minimum atomic E-state index is -3.83. The molecule has 0 radical (unpaired) electrons. The number of ether oxygens (including phenoxy) is 2. The predicted molar refractivity (Wildman–Crippen MR) is 130 cm³/mol. The first-order chi connectivity index (χ1) is 17.0. The van der Waals surface area contributed by atoms with Crippen molar-refractivity contribution in [1.82, 2.24) is 24.8 Å². The van der Waals surface area contributed by atoms with Crippen molar-refractivity contribution in [3.63, 3.8) is 0 Å². The number of pyridine rings is 1. The average Bonchev–Trinajstić information content (AvgIpc) is 3.32. The van der Waals surface area contributed by atoms with E-state index in [2.05, 4.69) is 25.0 Å². The fourth-order valence-corrected chi connectivity index (χ4v) is 4.58. The van der Waals surface area contributed by atoms with Gasteiger partial charge in [0.15, 0.2) is 17.1 Å². The molecule has 0 unspecified atom stereocenters. The summed E-state index contributed by atoms with van der Waals surface area (Å²) in [6, 6.07) is 20.5. The molecular formula is C24H20N6O4S. The average molecular weight is 489 g/mol. The molecule has 1 N–H and O–H groups in total. The number of sulfonamides is 1. The van der Waals surface area contributed by atoms with Gasteiger partial charge in [-0.15, -0.1) is 10.2 Å². The van der Waals surface area contributed by atoms with Gasteiger partial charge in [-0.3, -0.25) is 9.71 Å². The lowest BCUT2D eigenvalue weighted by atomic mass is 10.1. The largest absolute Gasteiger partial charge is 0.493 e. The second-order valence-corrected chi connectivity index (χ2v) is 9.11. The molecule has 0 aliphatic rings. The smallest absolute Gasteiger partial charge is 0.262 e. The molecule has 10 nitrogen and oxygen atoms in total. The number of fused-ring (bicyclic) bond motifs is 1. The van der Waals surface area contributed by atoms with Gasteiger partial charge in [0.1, 0.15) is 5.69 Å². The molecule has 35 heavy (non-hydrogen) atoms. The van der Waals surface area contributed by atoms with Crippen molar-refractivity contribution < 1.29 is 17.9 Å². The molecule has 0 atom stereocenters. The number of nitrogens with zero attached hydrogens (tertiary/aromatic N) is 5. The molecule has 0 spiro atoms. The van der Waals surface area contributed by atoms with Crippen LogP contribution in [0.5, 0.6) is 11.5 Å². The van der Waals surface area contributed by atoms with Gasteiger partial charge in [0.2, 0.25) is 5.82 Å². The van der Waals surface area contributed by atoms with Crippen LogP contribution in [0.25, 0.3) is 28.4 Å². The zero-order valence-electron chi connectivity index (χ0n) is 18.8. The Balaban J connectivity index is 1.41. The van der Waals surface area contributed by atoms with Gasteiger partial charge in [-0.1, -0.05) is 18.2 Å². The van der Waals surface area contributed by atoms with E-state index in [0.717, 1.165) is 5.56 Å². The van der Waals surface area contributed by atoms with Crippen LogP contribution in [0.3, 0.4) is 0 Å². The summed E-state index contributed by atoms with van der Waals surface area (Å²) >= 11 is 0. The summed E-state index contributed by atoms with van der Waals surface area (Å²) in [4.78, 5) is 4.38. The van der Waals surface area contributed by atoms with E-state index in [1.165, 1.54) is 26.4 Å². The van der Waals surface area contributed by atoms with Crippen LogP contribution in [0.2, 0.25) is 0 Å². The van der Waals surface area contributed by atoms with Crippen LogP contribution in [0.15, 0.2) is 83.9 Å². The highest BCUT2D eigenvalue weighted by atomic mass is 32.2. The maximum Gasteiger partial charge on any atom is 0.262 e. The summed E-state index contributed by atoms with van der Waals surface area (Å²) in [5.41, 5.74) is 3.12. The van der Waals surface area contributed by atoms with E-state index in [1.807, 2.05) is 30.3 Å². The Labute approximate surface area is 201 Å². The van der Waals surface area contributed by atoms with Crippen molar-refractivity contribution in [2.75, 3.05) is 18.9 Å². The number of anilines is 1. The normalized spacial score (nSPS) is 11.4. The number of benzene rings is 2. The molecule has 3 aromatic heterocycles. The first kappa shape index (κ1) is 22.3. The Hall–Kier alpha value is -4.51. The maximum atomic E-state index is 12.9. The SMILES string of the molecule is COc1ccc(S(=O)(=O)Nc2ccc(-c3ccc4nnc(-c5ccccn5)n4n3)cc2)cc1OC. The van der Waals surface area contributed by atoms with E-state index in [-0.39, 0.29) is 4.90 Å². The summed E-state index contributed by atoms with van der Waals surface area (Å²) in [6.07, 6.45) is 1.68. The van der Waals surface area contributed by atoms with Crippen molar-refractivity contribution >= 4 is 21.4 Å². The van der Waals surface area contributed by atoms with E-state index in [0.29, 0.717) is 40.0 Å². The summed E-state index contributed by atoms with van der Waals surface area (Å²) < 4.78 is 40.3. The fourth-order valence-electron chi connectivity index (χ4n) is 3.50. The highest BCUT2D eigenvalue weighted by Gasteiger charge is 2.18. The van der Waals surface area contributed by atoms with Crippen LogP contribution in [0, 0.1) is 0 Å². The van der Waals surface area contributed by atoms with Crippen molar-refractivity contribution in [1.29, 1.82) is 0 Å². The molecule has 5 rings (SSSR count). The first-order valence-corrected chi connectivity index (χ1v) is 12.0. The van der Waals surface area contributed by atoms with Crippen LogP contribution < -0.4 is 14.2 Å². The maximum absolute atomic E-state index is 12.9. The molecule has 0 bridgehead atoms. The third-order valence-electron chi connectivity index (χ3n) is 5.25. The van der Waals surface area contributed by atoms with E-state index >= 15 is 0 Å². The van der Waals surface area contributed by atoms with Gasteiger partial charge in [0, 0.05) is 23.5 Å². The topological polar surface area (TPSA) is 121 Å². The van der Waals surface area contributed by atoms with Gasteiger partial charge >= 0.3 is 0 Å². The van der Waals surface area contributed by atoms with Crippen LogP contribution >= 0.6 is 0 Å². The van der Waals surface area contributed by atoms with Gasteiger partial charge in [0.25, 0.3) is 10.0 Å². The zero-order valence-corrected chi connectivity index (χ0v) is 19.6. The molecule has 0 saturated carbocycles. The van der Waals surface area contributed by atoms with Gasteiger partial charge in [0.05, 0.1) is 24.8 Å². The van der Waals surface area contributed by atoms with Crippen LogP contribution in [-0.4, -0.2) is 47.4 Å². The molecule has 0 saturated heterocycles. The first-order valence-electron chi connectivity index (χ1n) is 10.5. The minimum Gasteiger partial charge on any atom is -0.493 e. The van der Waals surface area contributed by atoms with Crippen LogP contribution in [0.4, 0.5) is 5.69 Å². The Morgan fingerprint density at radius 1 is 0.829 bits per heavy atom. The number of hydrogen-bond donors (Lipinski definition) is 1. The fraction of sp³-hybridized carbons (Fsp3) is 0.0833. The van der Waals surface area contributed by atoms with E-state index in [4.69, 9.17) is 9.47 Å². The predicted octanol–water partition coefficient (Wildman–Crippen LogP) is 3.67. The van der Waals surface area contributed by atoms with Crippen molar-refractivity contribution in [2.24, 2.45) is 0 Å². The molecular weight excluding hydrogens is 468 g/mol. The Kier molecular flexibility index (Phi) is 5.75. The number of aromatic nitrogens is 5. The molecule has 0 aliphatic carbocycles. The van der Waals surface area contributed by atoms with Gasteiger partial charge < -0.3 is 9.47 Å². The lowest BCUT2D eigenvalue weighted by molar-refractivity contribution is 0.354. The van der Waals surface area contributed by atoms with Crippen molar-refractivity contribution in [2.45, 2.75) is 4.90 Å². The second-order valence-electron chi connectivity index (χ2n) is 7.43. The Morgan fingerprint density at radius 2 is 1.63 bits per heavy atom. The highest BCUT2D eigenvalue weighted by molar-refractivity contribution is 7.92. The van der Waals surface area contributed by atoms with Crippen molar-refractivity contribution in [3.8, 4) is 34.3 Å². The Bertz CT molecular complexity index is 1600. The minimum absolute atomic E-state index is 0.0565. The quantitative estimate of drug-likeness (QED) is 0.368. The third-order valence-corrected chi connectivity index (χ3v) is 6.63. The molecule has 2 aromatic carbocycles. The van der Waals surface area contributed by atoms with Gasteiger partial charge in [-0.05, 0) is 48.5 Å². The molecule has 11 heteroatoms. The number of hydrogen-bond acceptors (Lipinski definition) is 8. The summed E-state index contributed by atoms with van der Waals surface area (Å²) in [6.45, 7) is 0. The lowest BCUT2D eigenvalue weighted by Gasteiger charge is -2.12. The molecule has 5 aromatic rings. The number of nitrogens with one attached hydrogen (secondary N) is 1. The molecule has 0 amide bonds. The number of rotatable bonds is 7. The van der Waals surface area contributed by atoms with Crippen LogP contribution in [-0.2, 0) is 10.0 Å². The van der Waals surface area contributed by atoms with Gasteiger partial charge in [-0.2, -0.15) is 9.61 Å². The summed E-state index contributed by atoms with van der Waals surface area (Å²) in [5.74, 6) is 1.30. The monoisotopic (exact) mass is 488 g/mol. The van der Waals surface area contributed by atoms with Gasteiger partial charge in [-0.25, -0.2) is 8.42 Å². The molecule has 0 fully saturated rings. The number of methoxy groups -OCH3 is 2. The van der Waals surface area contributed by atoms with E-state index in [9.17, 15) is 8.42 Å².